The fraction of sp³-hybridized carbons (Fsp3) is 0.333. The summed E-state index contributed by atoms with van der Waals surface area (Å²) in [5.74, 6) is -0.734. The maximum Gasteiger partial charge on any atom is 0.307 e. The highest BCUT2D eigenvalue weighted by Crippen LogP contribution is 2.19. The second-order valence-corrected chi connectivity index (χ2v) is 4.30. The normalized spacial score (nSPS) is 11.1. The summed E-state index contributed by atoms with van der Waals surface area (Å²) in [7, 11) is 1.30. The predicted molar refractivity (Wildman–Crippen MR) is 76.7 cm³/mol. The Morgan fingerprint density at radius 2 is 2.11 bits per heavy atom. The summed E-state index contributed by atoms with van der Waals surface area (Å²) in [6, 6.07) is 4.30. The summed E-state index contributed by atoms with van der Waals surface area (Å²) in [6.07, 6.45) is 0.106. The molecule has 0 bridgehead atoms. The van der Waals surface area contributed by atoms with Crippen LogP contribution in [0.1, 0.15) is 23.7 Å². The SMILES string of the molecule is COC(=O)CC(C)NC(=O)c1ccc(N)cc1Cl.Cl. The Labute approximate surface area is 122 Å². The van der Waals surface area contributed by atoms with Gasteiger partial charge < -0.3 is 15.8 Å². The van der Waals surface area contributed by atoms with Crippen LogP contribution < -0.4 is 11.1 Å². The molecule has 0 saturated carbocycles. The number of methoxy groups -OCH3 is 1. The van der Waals surface area contributed by atoms with Crippen molar-refractivity contribution in [3.8, 4) is 0 Å². The van der Waals surface area contributed by atoms with Crippen LogP contribution >= 0.6 is 24.0 Å². The quantitative estimate of drug-likeness (QED) is 0.659. The lowest BCUT2D eigenvalue weighted by Crippen LogP contribution is -2.34. The minimum Gasteiger partial charge on any atom is -0.469 e. The van der Waals surface area contributed by atoms with Gasteiger partial charge in [0.25, 0.3) is 5.91 Å². The molecule has 0 fully saturated rings. The predicted octanol–water partition coefficient (Wildman–Crippen LogP) is 2.03. The number of nitrogen functional groups attached to an aromatic ring is 1. The smallest absolute Gasteiger partial charge is 0.307 e. The maximum atomic E-state index is 11.9. The number of anilines is 1. The molecule has 7 heteroatoms. The van der Waals surface area contributed by atoms with E-state index >= 15 is 0 Å². The maximum absolute atomic E-state index is 11.9. The highest BCUT2D eigenvalue weighted by Gasteiger charge is 2.15. The summed E-state index contributed by atoms with van der Waals surface area (Å²) in [6.45, 7) is 1.71. The largest absolute Gasteiger partial charge is 0.469 e. The van der Waals surface area contributed by atoms with Crippen molar-refractivity contribution >= 4 is 41.6 Å². The van der Waals surface area contributed by atoms with Gasteiger partial charge in [-0.1, -0.05) is 11.6 Å². The fourth-order valence-corrected chi connectivity index (χ4v) is 1.68. The molecule has 1 unspecified atom stereocenters. The van der Waals surface area contributed by atoms with E-state index in [0.29, 0.717) is 11.3 Å². The number of carbonyl (C=O) groups excluding carboxylic acids is 2. The summed E-state index contributed by atoms with van der Waals surface area (Å²) in [5.41, 5.74) is 6.34. The molecule has 5 nitrogen and oxygen atoms in total. The van der Waals surface area contributed by atoms with Gasteiger partial charge in [-0.3, -0.25) is 9.59 Å². The number of rotatable bonds is 4. The minimum absolute atomic E-state index is 0. The van der Waals surface area contributed by atoms with Crippen LogP contribution in [-0.4, -0.2) is 25.0 Å². The number of hydrogen-bond donors (Lipinski definition) is 2. The van der Waals surface area contributed by atoms with Gasteiger partial charge in [-0.05, 0) is 25.1 Å². The molecule has 3 N–H and O–H groups in total. The molecule has 0 aliphatic carbocycles. The van der Waals surface area contributed by atoms with Crippen molar-refractivity contribution in [2.45, 2.75) is 19.4 Å². The third-order valence-electron chi connectivity index (χ3n) is 2.32. The zero-order valence-corrected chi connectivity index (χ0v) is 12.2. The molecule has 0 spiro atoms. The van der Waals surface area contributed by atoms with E-state index in [1.165, 1.54) is 19.2 Å². The molecule has 1 aromatic carbocycles. The summed E-state index contributed by atoms with van der Waals surface area (Å²) in [4.78, 5) is 22.9. The Hall–Kier alpha value is -1.46. The number of amides is 1. The van der Waals surface area contributed by atoms with Crippen LogP contribution in [0.25, 0.3) is 0 Å². The Balaban J connectivity index is 0.00000324. The third-order valence-corrected chi connectivity index (χ3v) is 2.63. The van der Waals surface area contributed by atoms with Crippen LogP contribution in [0.15, 0.2) is 18.2 Å². The van der Waals surface area contributed by atoms with Crippen LogP contribution in [0.5, 0.6) is 0 Å². The molecule has 19 heavy (non-hydrogen) atoms. The lowest BCUT2D eigenvalue weighted by atomic mass is 10.1. The molecule has 0 aromatic heterocycles. The first-order valence-electron chi connectivity index (χ1n) is 5.36. The van der Waals surface area contributed by atoms with E-state index in [2.05, 4.69) is 10.1 Å². The first kappa shape index (κ1) is 17.5. The first-order chi connectivity index (χ1) is 8.43. The molecule has 0 aliphatic heterocycles. The summed E-state index contributed by atoms with van der Waals surface area (Å²) in [5, 5.41) is 2.93. The van der Waals surface area contributed by atoms with E-state index in [1.54, 1.807) is 13.0 Å². The van der Waals surface area contributed by atoms with Gasteiger partial charge in [0.15, 0.2) is 0 Å². The van der Waals surface area contributed by atoms with Crippen LogP contribution in [0.4, 0.5) is 5.69 Å². The number of halogens is 2. The van der Waals surface area contributed by atoms with Gasteiger partial charge in [-0.15, -0.1) is 12.4 Å². The number of esters is 1. The van der Waals surface area contributed by atoms with Gasteiger partial charge in [0.2, 0.25) is 0 Å². The monoisotopic (exact) mass is 306 g/mol. The standard InChI is InChI=1S/C12H15ClN2O3.ClH/c1-7(5-11(16)18-2)15-12(17)9-4-3-8(14)6-10(9)13;/h3-4,6-7H,5,14H2,1-2H3,(H,15,17);1H. The van der Waals surface area contributed by atoms with Gasteiger partial charge in [0, 0.05) is 11.7 Å². The highest BCUT2D eigenvalue weighted by molar-refractivity contribution is 6.34. The number of hydrogen-bond acceptors (Lipinski definition) is 4. The zero-order valence-electron chi connectivity index (χ0n) is 10.6. The van der Waals surface area contributed by atoms with E-state index in [9.17, 15) is 9.59 Å². The number of benzene rings is 1. The Bertz CT molecular complexity index is 466. The minimum atomic E-state index is -0.383. The van der Waals surface area contributed by atoms with Crippen LogP contribution in [-0.2, 0) is 9.53 Å². The van der Waals surface area contributed by atoms with E-state index in [4.69, 9.17) is 17.3 Å². The lowest BCUT2D eigenvalue weighted by Gasteiger charge is -2.13. The molecular formula is C12H16Cl2N2O3. The van der Waals surface area contributed by atoms with Crippen molar-refractivity contribution < 1.29 is 14.3 Å². The van der Waals surface area contributed by atoms with E-state index in [-0.39, 0.29) is 41.8 Å². The first-order valence-corrected chi connectivity index (χ1v) is 5.74. The van der Waals surface area contributed by atoms with E-state index in [0.717, 1.165) is 0 Å². The van der Waals surface area contributed by atoms with Crippen molar-refractivity contribution in [1.82, 2.24) is 5.32 Å². The van der Waals surface area contributed by atoms with Gasteiger partial charge in [-0.25, -0.2) is 0 Å². The topological polar surface area (TPSA) is 81.4 Å². The van der Waals surface area contributed by atoms with E-state index < -0.39 is 0 Å². The zero-order chi connectivity index (χ0) is 13.7. The van der Waals surface area contributed by atoms with E-state index in [1.807, 2.05) is 0 Å². The Morgan fingerprint density at radius 3 is 2.63 bits per heavy atom. The van der Waals surface area contributed by atoms with Gasteiger partial charge in [-0.2, -0.15) is 0 Å². The Morgan fingerprint density at radius 1 is 1.47 bits per heavy atom. The molecule has 106 valence electrons. The molecule has 0 heterocycles. The molecule has 0 radical (unpaired) electrons. The third kappa shape index (κ3) is 5.36. The molecule has 0 aliphatic rings. The van der Waals surface area contributed by atoms with Gasteiger partial charge in [0.05, 0.1) is 24.1 Å². The second-order valence-electron chi connectivity index (χ2n) is 3.89. The van der Waals surface area contributed by atoms with Crippen molar-refractivity contribution in [3.05, 3.63) is 28.8 Å². The van der Waals surface area contributed by atoms with Crippen molar-refractivity contribution in [1.29, 1.82) is 0 Å². The second kappa shape index (κ2) is 7.86. The van der Waals surface area contributed by atoms with Crippen LogP contribution in [0.2, 0.25) is 5.02 Å². The van der Waals surface area contributed by atoms with Crippen molar-refractivity contribution in [2.24, 2.45) is 0 Å². The Kier molecular flexibility index (Phi) is 7.26. The lowest BCUT2D eigenvalue weighted by molar-refractivity contribution is -0.141. The number of nitrogens with one attached hydrogen (secondary N) is 1. The molecule has 1 aromatic rings. The van der Waals surface area contributed by atoms with Gasteiger partial charge in [0.1, 0.15) is 0 Å². The molecule has 1 amide bonds. The molecule has 1 rings (SSSR count). The average Bonchev–Trinajstić information content (AvgIpc) is 2.28. The van der Waals surface area contributed by atoms with Crippen LogP contribution in [0, 0.1) is 0 Å². The van der Waals surface area contributed by atoms with Gasteiger partial charge >= 0.3 is 5.97 Å². The van der Waals surface area contributed by atoms with Crippen LogP contribution in [0.3, 0.4) is 0 Å². The number of nitrogens with two attached hydrogens (primary N) is 1. The fourth-order valence-electron chi connectivity index (χ4n) is 1.40. The number of ether oxygens (including phenoxy) is 1. The average molecular weight is 307 g/mol. The highest BCUT2D eigenvalue weighted by atomic mass is 35.5. The molecule has 1 atom stereocenters. The summed E-state index contributed by atoms with van der Waals surface area (Å²) < 4.78 is 4.51. The van der Waals surface area contributed by atoms with Crippen molar-refractivity contribution in [2.75, 3.05) is 12.8 Å². The molecule has 0 saturated heterocycles. The number of carbonyl (C=O) groups is 2. The molecular weight excluding hydrogens is 291 g/mol. The summed E-state index contributed by atoms with van der Waals surface area (Å²) >= 11 is 5.91. The van der Waals surface area contributed by atoms with Crippen molar-refractivity contribution in [3.63, 3.8) is 0 Å².